The molecule has 0 aliphatic carbocycles. The average Bonchev–Trinajstić information content (AvgIpc) is 1.65. The van der Waals surface area contributed by atoms with E-state index in [1.165, 1.54) is 6.42 Å². The molecule has 0 aliphatic rings. The first kappa shape index (κ1) is 8.67. The van der Waals surface area contributed by atoms with Gasteiger partial charge in [-0.15, -0.1) is 0 Å². The SMILES string of the molecule is CCC(C)[NH][Ti]([CH3])[CH3]. The summed E-state index contributed by atoms with van der Waals surface area (Å²) in [5.74, 6) is 0. The van der Waals surface area contributed by atoms with Crippen LogP contribution in [0, 0.1) is 0 Å². The molecule has 0 aromatic carbocycles. The molecule has 0 bridgehead atoms. The van der Waals surface area contributed by atoms with Crippen molar-refractivity contribution >= 4 is 0 Å². The molecule has 8 heavy (non-hydrogen) atoms. The monoisotopic (exact) mass is 150 g/mol. The molecule has 0 aliphatic heterocycles. The van der Waals surface area contributed by atoms with E-state index in [0.717, 1.165) is 6.04 Å². The first-order valence-electron chi connectivity index (χ1n) is 3.23. The Bertz CT molecular complexity index is 54.5. The van der Waals surface area contributed by atoms with Crippen LogP contribution in [-0.2, 0) is 18.1 Å². The van der Waals surface area contributed by atoms with Gasteiger partial charge in [0, 0.05) is 0 Å². The van der Waals surface area contributed by atoms with Gasteiger partial charge in [0.05, 0.1) is 0 Å². The summed E-state index contributed by atoms with van der Waals surface area (Å²) in [5, 5.41) is 4.68. The van der Waals surface area contributed by atoms with Gasteiger partial charge in [-0.1, -0.05) is 0 Å². The van der Waals surface area contributed by atoms with Crippen LogP contribution in [0.1, 0.15) is 20.3 Å². The third kappa shape index (κ3) is 4.82. The van der Waals surface area contributed by atoms with Crippen LogP contribution in [0.15, 0.2) is 0 Å². The maximum atomic E-state index is 3.56. The second-order valence-corrected chi connectivity index (χ2v) is 6.03. The van der Waals surface area contributed by atoms with Crippen molar-refractivity contribution in [3.8, 4) is 0 Å². The number of rotatable bonds is 3. The Hall–Kier alpha value is 0.674. The first-order chi connectivity index (χ1) is 3.66. The summed E-state index contributed by atoms with van der Waals surface area (Å²) in [6, 6.07) is 0.750. The number of nitrogens with one attached hydrogen (secondary N) is 1. The molecule has 0 fully saturated rings. The van der Waals surface area contributed by atoms with E-state index in [4.69, 9.17) is 0 Å². The summed E-state index contributed by atoms with van der Waals surface area (Å²) in [7, 11) is 0. The van der Waals surface area contributed by atoms with Crippen molar-refractivity contribution < 1.29 is 18.1 Å². The molecule has 0 spiro atoms. The fourth-order valence-electron chi connectivity index (χ4n) is 0.595. The van der Waals surface area contributed by atoms with Crippen LogP contribution in [0.5, 0.6) is 0 Å². The Morgan fingerprint density at radius 2 is 2.00 bits per heavy atom. The fraction of sp³-hybridized carbons (Fsp3) is 1.00. The predicted molar refractivity (Wildman–Crippen MR) is 34.6 cm³/mol. The Morgan fingerprint density at radius 1 is 1.50 bits per heavy atom. The van der Waals surface area contributed by atoms with Gasteiger partial charge in [0.25, 0.3) is 0 Å². The minimum absolute atomic E-state index is 0.721. The van der Waals surface area contributed by atoms with Crippen LogP contribution in [-0.4, -0.2) is 6.04 Å². The Balaban J connectivity index is 3.10. The molecular weight excluding hydrogens is 134 g/mol. The molecule has 0 saturated carbocycles. The van der Waals surface area contributed by atoms with Crippen LogP contribution in [0.3, 0.4) is 0 Å². The van der Waals surface area contributed by atoms with E-state index in [-0.39, 0.29) is 0 Å². The fourth-order valence-corrected chi connectivity index (χ4v) is 2.45. The zero-order chi connectivity index (χ0) is 6.57. The van der Waals surface area contributed by atoms with E-state index in [9.17, 15) is 0 Å². The summed E-state index contributed by atoms with van der Waals surface area (Å²) in [5.41, 5.74) is 0. The standard InChI is InChI=1S/C4H10N.2CH3.Ti/c1-3-4(2)5;;;/h4-5H,3H2,1-2H3;2*1H3;/q-1;;;+1. The third-order valence-corrected chi connectivity index (χ3v) is 2.82. The zero-order valence-electron chi connectivity index (χ0n) is 6.28. The second-order valence-electron chi connectivity index (χ2n) is 2.45. The molecule has 1 atom stereocenters. The summed E-state index contributed by atoms with van der Waals surface area (Å²) >= 11 is -0.721. The number of hydrogen-bond acceptors (Lipinski definition) is 1. The molecule has 1 unspecified atom stereocenters. The molecule has 0 amide bonds. The molecule has 0 aromatic rings. The Morgan fingerprint density at radius 3 is 2.12 bits per heavy atom. The topological polar surface area (TPSA) is 12.0 Å². The first-order valence-corrected chi connectivity index (χ1v) is 7.14. The Labute approximate surface area is 59.0 Å². The van der Waals surface area contributed by atoms with Crippen LogP contribution in [0.25, 0.3) is 0 Å². The molecule has 49 valence electrons. The third-order valence-electron chi connectivity index (χ3n) is 1.15. The van der Waals surface area contributed by atoms with Crippen LogP contribution in [0.2, 0.25) is 10.5 Å². The summed E-state index contributed by atoms with van der Waals surface area (Å²) in [4.78, 5) is 0. The van der Waals surface area contributed by atoms with Crippen LogP contribution >= 0.6 is 0 Å². The quantitative estimate of drug-likeness (QED) is 0.606. The van der Waals surface area contributed by atoms with Crippen molar-refractivity contribution in [1.82, 2.24) is 3.80 Å². The van der Waals surface area contributed by atoms with Crippen molar-refractivity contribution in [2.45, 2.75) is 36.8 Å². The molecule has 2 heteroatoms. The summed E-state index contributed by atoms with van der Waals surface area (Å²) in [6.07, 6.45) is 1.26. The van der Waals surface area contributed by atoms with E-state index < -0.39 is 18.1 Å². The van der Waals surface area contributed by atoms with E-state index in [0.29, 0.717) is 0 Å². The number of hydrogen-bond donors (Lipinski definition) is 1. The van der Waals surface area contributed by atoms with Gasteiger partial charge in [-0.3, -0.25) is 0 Å². The average molecular weight is 150 g/mol. The summed E-state index contributed by atoms with van der Waals surface area (Å²) in [6.45, 7) is 4.47. The van der Waals surface area contributed by atoms with Gasteiger partial charge in [0.1, 0.15) is 0 Å². The molecular formula is C6H16NTi. The molecule has 0 heterocycles. The van der Waals surface area contributed by atoms with Gasteiger partial charge in [-0.05, 0) is 0 Å². The van der Waals surface area contributed by atoms with Crippen molar-refractivity contribution in [2.75, 3.05) is 0 Å². The van der Waals surface area contributed by atoms with Gasteiger partial charge in [-0.2, -0.15) is 0 Å². The molecule has 0 aromatic heterocycles. The minimum atomic E-state index is -0.721. The van der Waals surface area contributed by atoms with Crippen molar-refractivity contribution in [3.63, 3.8) is 0 Å². The van der Waals surface area contributed by atoms with Crippen molar-refractivity contribution in [2.24, 2.45) is 0 Å². The molecule has 0 radical (unpaired) electrons. The Kier molecular flexibility index (Phi) is 4.93. The van der Waals surface area contributed by atoms with Gasteiger partial charge in [-0.25, -0.2) is 0 Å². The van der Waals surface area contributed by atoms with Gasteiger partial charge >= 0.3 is 58.7 Å². The molecule has 0 saturated heterocycles. The van der Waals surface area contributed by atoms with Crippen molar-refractivity contribution in [1.29, 1.82) is 0 Å². The molecule has 0 rings (SSSR count). The van der Waals surface area contributed by atoms with E-state index in [1.54, 1.807) is 0 Å². The molecule has 1 N–H and O–H groups in total. The maximum absolute atomic E-state index is 3.56. The van der Waals surface area contributed by atoms with E-state index in [1.807, 2.05) is 0 Å². The summed E-state index contributed by atoms with van der Waals surface area (Å²) < 4.78 is 3.56. The van der Waals surface area contributed by atoms with Crippen LogP contribution in [0.4, 0.5) is 0 Å². The van der Waals surface area contributed by atoms with Gasteiger partial charge in [0.2, 0.25) is 0 Å². The predicted octanol–water partition coefficient (Wildman–Crippen LogP) is 2.00. The normalized spacial score (nSPS) is 13.5. The zero-order valence-corrected chi connectivity index (χ0v) is 7.85. The van der Waals surface area contributed by atoms with Gasteiger partial charge in [0.15, 0.2) is 0 Å². The van der Waals surface area contributed by atoms with Gasteiger partial charge < -0.3 is 0 Å². The van der Waals surface area contributed by atoms with E-state index in [2.05, 4.69) is 28.1 Å². The molecule has 1 nitrogen and oxygen atoms in total. The van der Waals surface area contributed by atoms with Crippen LogP contribution < -0.4 is 3.80 Å². The van der Waals surface area contributed by atoms with E-state index >= 15 is 0 Å². The second kappa shape index (κ2) is 4.54. The van der Waals surface area contributed by atoms with Crippen molar-refractivity contribution in [3.05, 3.63) is 0 Å².